The van der Waals surface area contributed by atoms with Crippen LogP contribution in [-0.4, -0.2) is 16.5 Å². The Balaban J connectivity index is 0.00000172. The van der Waals surface area contributed by atoms with Crippen molar-refractivity contribution in [2.45, 2.75) is 83.6 Å². The van der Waals surface area contributed by atoms with Crippen LogP contribution < -0.4 is 4.74 Å². The minimum Gasteiger partial charge on any atom is -0.487 e. The molecule has 5 rings (SSSR count). The zero-order valence-corrected chi connectivity index (χ0v) is 22.7. The van der Waals surface area contributed by atoms with Crippen LogP contribution in [-0.2, 0) is 6.18 Å². The van der Waals surface area contributed by atoms with Crippen molar-refractivity contribution in [1.29, 1.82) is 0 Å². The second-order valence-electron chi connectivity index (χ2n) is 10.6. The van der Waals surface area contributed by atoms with Crippen LogP contribution in [0.25, 0.3) is 11.1 Å². The van der Waals surface area contributed by atoms with Gasteiger partial charge in [0.15, 0.2) is 5.78 Å². The lowest BCUT2D eigenvalue weighted by Crippen LogP contribution is -2.35. The molecule has 0 radical (unpaired) electrons. The predicted octanol–water partition coefficient (Wildman–Crippen LogP) is 9.02. The van der Waals surface area contributed by atoms with Gasteiger partial charge in [0.05, 0.1) is 11.7 Å². The molecule has 1 N–H and O–H groups in total. The zero-order chi connectivity index (χ0) is 28.5. The molecular formula is C32H34F4O3. The number of aliphatic hydroxyl groups excluding tert-OH is 1. The van der Waals surface area contributed by atoms with Gasteiger partial charge in [-0.3, -0.25) is 4.79 Å². The number of carbonyl (C=O) groups is 1. The van der Waals surface area contributed by atoms with Crippen LogP contribution in [0, 0.1) is 5.82 Å². The maximum absolute atomic E-state index is 14.1. The number of halogens is 4. The van der Waals surface area contributed by atoms with Crippen molar-refractivity contribution in [2.75, 3.05) is 0 Å². The summed E-state index contributed by atoms with van der Waals surface area (Å²) in [6.07, 6.45) is -1.47. The molecule has 1 heterocycles. The molecule has 0 amide bonds. The van der Waals surface area contributed by atoms with E-state index in [4.69, 9.17) is 4.74 Å². The smallest absolute Gasteiger partial charge is 0.416 e. The third-order valence-corrected chi connectivity index (χ3v) is 7.39. The molecule has 1 fully saturated rings. The first-order chi connectivity index (χ1) is 18.4. The number of rotatable bonds is 4. The summed E-state index contributed by atoms with van der Waals surface area (Å²) in [5.74, 6) is -0.342. The Kier molecular flexibility index (Phi) is 8.22. The predicted molar refractivity (Wildman–Crippen MR) is 144 cm³/mol. The highest BCUT2D eigenvalue weighted by Crippen LogP contribution is 2.50. The number of ether oxygens (including phenoxy) is 1. The maximum Gasteiger partial charge on any atom is 0.416 e. The van der Waals surface area contributed by atoms with E-state index in [-0.39, 0.29) is 17.9 Å². The molecule has 3 aromatic carbocycles. The summed E-state index contributed by atoms with van der Waals surface area (Å²) < 4.78 is 59.7. The standard InChI is InChI=1S/C30H28F4O3.C2H6/c1-29(2)16-23(35)27-24(37-29)15-22(17-5-3-4-6-17)26(25(27)18-9-13-21(31)14-10-18)28(36)19-7-11-20(12-8-19)30(32,33)34;1-2/h7-15,17,23,35H,3-6,16H2,1-2H3;1-2H3/t23-;/m0./s1. The normalized spacial score (nSPS) is 18.5. The summed E-state index contributed by atoms with van der Waals surface area (Å²) in [6, 6.07) is 11.7. The van der Waals surface area contributed by atoms with Gasteiger partial charge in [-0.05, 0) is 74.1 Å². The van der Waals surface area contributed by atoms with Crippen LogP contribution in [0.15, 0.2) is 54.6 Å². The first-order valence-corrected chi connectivity index (χ1v) is 13.5. The lowest BCUT2D eigenvalue weighted by Gasteiger charge is -2.38. The highest BCUT2D eigenvalue weighted by Gasteiger charge is 2.39. The first-order valence-electron chi connectivity index (χ1n) is 13.5. The number of aliphatic hydroxyl groups is 1. The highest BCUT2D eigenvalue weighted by atomic mass is 19.4. The average Bonchev–Trinajstić information content (AvgIpc) is 3.43. The highest BCUT2D eigenvalue weighted by molar-refractivity contribution is 6.14. The van der Waals surface area contributed by atoms with Crippen molar-refractivity contribution in [1.82, 2.24) is 0 Å². The van der Waals surface area contributed by atoms with Crippen molar-refractivity contribution >= 4 is 5.78 Å². The van der Waals surface area contributed by atoms with Crippen molar-refractivity contribution in [3.05, 3.63) is 88.2 Å². The van der Waals surface area contributed by atoms with E-state index in [0.29, 0.717) is 28.0 Å². The Bertz CT molecular complexity index is 1320. The van der Waals surface area contributed by atoms with Gasteiger partial charge in [-0.15, -0.1) is 0 Å². The van der Waals surface area contributed by atoms with Crippen molar-refractivity contribution < 1.29 is 32.2 Å². The second kappa shape index (κ2) is 11.1. The summed E-state index contributed by atoms with van der Waals surface area (Å²) in [4.78, 5) is 14.1. The molecule has 3 nitrogen and oxygen atoms in total. The van der Waals surface area contributed by atoms with Gasteiger partial charge in [0, 0.05) is 28.7 Å². The van der Waals surface area contributed by atoms with Crippen LogP contribution in [0.5, 0.6) is 5.75 Å². The number of alkyl halides is 3. The number of fused-ring (bicyclic) bond motifs is 1. The van der Waals surface area contributed by atoms with Crippen LogP contribution in [0.3, 0.4) is 0 Å². The van der Waals surface area contributed by atoms with Gasteiger partial charge < -0.3 is 9.84 Å². The Morgan fingerprint density at radius 1 is 0.974 bits per heavy atom. The molecule has 1 aliphatic carbocycles. The maximum atomic E-state index is 14.1. The van der Waals surface area contributed by atoms with Crippen LogP contribution >= 0.6 is 0 Å². The molecule has 1 aliphatic heterocycles. The second-order valence-corrected chi connectivity index (χ2v) is 10.6. The first kappa shape index (κ1) is 28.8. The number of benzene rings is 3. The minimum atomic E-state index is -4.52. The number of ketones is 1. The van der Waals surface area contributed by atoms with E-state index in [0.717, 1.165) is 43.4 Å². The van der Waals surface area contributed by atoms with Crippen molar-refractivity contribution in [2.24, 2.45) is 0 Å². The summed E-state index contributed by atoms with van der Waals surface area (Å²) in [7, 11) is 0. The third-order valence-electron chi connectivity index (χ3n) is 7.39. The van der Waals surface area contributed by atoms with E-state index >= 15 is 0 Å². The summed E-state index contributed by atoms with van der Waals surface area (Å²) >= 11 is 0. The molecule has 0 spiro atoms. The van der Waals surface area contributed by atoms with E-state index in [1.165, 1.54) is 24.3 Å². The zero-order valence-electron chi connectivity index (χ0n) is 22.7. The molecule has 0 bridgehead atoms. The monoisotopic (exact) mass is 542 g/mol. The van der Waals surface area contributed by atoms with E-state index in [1.807, 2.05) is 33.8 Å². The molecule has 1 atom stereocenters. The summed E-state index contributed by atoms with van der Waals surface area (Å²) in [5.41, 5.74) is 1.16. The van der Waals surface area contributed by atoms with E-state index < -0.39 is 35.0 Å². The van der Waals surface area contributed by atoms with Gasteiger partial charge in [0.1, 0.15) is 17.2 Å². The molecular weight excluding hydrogens is 508 g/mol. The quantitative estimate of drug-likeness (QED) is 0.264. The van der Waals surface area contributed by atoms with Gasteiger partial charge in [-0.1, -0.05) is 51.0 Å². The molecule has 0 unspecified atom stereocenters. The summed E-state index contributed by atoms with van der Waals surface area (Å²) in [6.45, 7) is 7.76. The number of carbonyl (C=O) groups excluding carboxylic acids is 1. The lowest BCUT2D eigenvalue weighted by atomic mass is 9.78. The fourth-order valence-corrected chi connectivity index (χ4v) is 5.69. The molecule has 208 valence electrons. The third kappa shape index (κ3) is 5.88. The number of hydrogen-bond acceptors (Lipinski definition) is 3. The Morgan fingerprint density at radius 3 is 2.13 bits per heavy atom. The molecule has 7 heteroatoms. The lowest BCUT2D eigenvalue weighted by molar-refractivity contribution is -0.137. The average molecular weight is 543 g/mol. The molecule has 2 aliphatic rings. The largest absolute Gasteiger partial charge is 0.487 e. The van der Waals surface area contributed by atoms with Crippen molar-refractivity contribution in [3.63, 3.8) is 0 Å². The van der Waals surface area contributed by atoms with Gasteiger partial charge in [-0.25, -0.2) is 4.39 Å². The van der Waals surface area contributed by atoms with E-state index in [2.05, 4.69) is 0 Å². The number of hydrogen-bond donors (Lipinski definition) is 1. The molecule has 1 saturated carbocycles. The SMILES string of the molecule is CC.CC1(C)C[C@H](O)c2c(cc(C3CCCC3)c(C(=O)c3ccc(C(F)(F)F)cc3)c2-c2ccc(F)cc2)O1. The fraction of sp³-hybridized carbons (Fsp3) is 0.406. The van der Waals surface area contributed by atoms with Gasteiger partial charge in [0.2, 0.25) is 0 Å². The van der Waals surface area contributed by atoms with Gasteiger partial charge in [-0.2, -0.15) is 13.2 Å². The molecule has 0 saturated heterocycles. The Morgan fingerprint density at radius 2 is 1.56 bits per heavy atom. The van der Waals surface area contributed by atoms with E-state index in [9.17, 15) is 27.5 Å². The van der Waals surface area contributed by atoms with Gasteiger partial charge >= 0.3 is 6.18 Å². The minimum absolute atomic E-state index is 0.0590. The van der Waals surface area contributed by atoms with Crippen LogP contribution in [0.2, 0.25) is 0 Å². The van der Waals surface area contributed by atoms with Crippen molar-refractivity contribution in [3.8, 4) is 16.9 Å². The molecule has 3 aromatic rings. The molecule has 0 aromatic heterocycles. The van der Waals surface area contributed by atoms with Crippen LogP contribution in [0.4, 0.5) is 17.6 Å². The van der Waals surface area contributed by atoms with E-state index in [1.54, 1.807) is 12.1 Å². The topological polar surface area (TPSA) is 46.5 Å². The van der Waals surface area contributed by atoms with Crippen LogP contribution in [0.1, 0.15) is 104 Å². The Labute approximate surface area is 226 Å². The Hall–Kier alpha value is -3.19. The molecule has 39 heavy (non-hydrogen) atoms. The fourth-order valence-electron chi connectivity index (χ4n) is 5.69. The van der Waals surface area contributed by atoms with Gasteiger partial charge in [0.25, 0.3) is 0 Å². The summed E-state index contributed by atoms with van der Waals surface area (Å²) in [5, 5.41) is 11.3.